The molecule has 0 N–H and O–H groups in total. The molecule has 0 aliphatic carbocycles. The van der Waals surface area contributed by atoms with Gasteiger partial charge in [0.15, 0.2) is 6.29 Å². The van der Waals surface area contributed by atoms with E-state index in [1.54, 1.807) is 24.3 Å². The van der Waals surface area contributed by atoms with E-state index in [0.717, 1.165) is 5.39 Å². The summed E-state index contributed by atoms with van der Waals surface area (Å²) >= 11 is 5.76. The van der Waals surface area contributed by atoms with E-state index >= 15 is 0 Å². The van der Waals surface area contributed by atoms with Gasteiger partial charge in [-0.2, -0.15) is 0 Å². The lowest BCUT2D eigenvalue weighted by Gasteiger charge is -2.02. The molecule has 0 aliphatic rings. The standard InChI is InChI=1S/C11H7ClFNO/c12-11-9(6-15)4-8-2-1-7(5-13)3-10(8)14-11/h1-4,6H,5H2. The molecule has 4 heteroatoms. The van der Waals surface area contributed by atoms with Crippen molar-refractivity contribution in [2.45, 2.75) is 6.67 Å². The Bertz CT molecular complexity index is 527. The highest BCUT2D eigenvalue weighted by Crippen LogP contribution is 2.20. The van der Waals surface area contributed by atoms with Gasteiger partial charge >= 0.3 is 0 Å². The van der Waals surface area contributed by atoms with Crippen LogP contribution in [0.15, 0.2) is 24.3 Å². The molecule has 0 bridgehead atoms. The molecule has 0 radical (unpaired) electrons. The van der Waals surface area contributed by atoms with E-state index in [4.69, 9.17) is 11.6 Å². The summed E-state index contributed by atoms with van der Waals surface area (Å²) in [6, 6.07) is 6.64. The van der Waals surface area contributed by atoms with Crippen LogP contribution in [0, 0.1) is 0 Å². The van der Waals surface area contributed by atoms with Crippen molar-refractivity contribution >= 4 is 28.8 Å². The molecule has 0 aliphatic heterocycles. The number of pyridine rings is 1. The van der Waals surface area contributed by atoms with E-state index in [1.165, 1.54) is 0 Å². The maximum absolute atomic E-state index is 12.4. The molecule has 2 rings (SSSR count). The Balaban J connectivity index is 2.70. The second-order valence-corrected chi connectivity index (χ2v) is 3.50. The second-order valence-electron chi connectivity index (χ2n) is 3.15. The number of alkyl halides is 1. The lowest BCUT2D eigenvalue weighted by Crippen LogP contribution is -1.89. The quantitative estimate of drug-likeness (QED) is 0.578. The average molecular weight is 224 g/mol. The first-order valence-electron chi connectivity index (χ1n) is 4.35. The Labute approximate surface area is 90.7 Å². The summed E-state index contributed by atoms with van der Waals surface area (Å²) < 4.78 is 12.4. The average Bonchev–Trinajstić information content (AvgIpc) is 2.27. The number of rotatable bonds is 2. The van der Waals surface area contributed by atoms with Gasteiger partial charge in [-0.15, -0.1) is 0 Å². The summed E-state index contributed by atoms with van der Waals surface area (Å²) in [5.74, 6) is 0. The SMILES string of the molecule is O=Cc1cc2ccc(CF)cc2nc1Cl. The van der Waals surface area contributed by atoms with Crippen LogP contribution in [-0.4, -0.2) is 11.3 Å². The minimum absolute atomic E-state index is 0.147. The molecule has 1 aromatic heterocycles. The number of hydrogen-bond donors (Lipinski definition) is 0. The van der Waals surface area contributed by atoms with Crippen molar-refractivity contribution in [3.8, 4) is 0 Å². The molecule has 0 saturated carbocycles. The van der Waals surface area contributed by atoms with Crippen molar-refractivity contribution in [1.29, 1.82) is 0 Å². The van der Waals surface area contributed by atoms with Gasteiger partial charge in [-0.25, -0.2) is 9.37 Å². The van der Waals surface area contributed by atoms with Gasteiger partial charge in [0, 0.05) is 5.39 Å². The van der Waals surface area contributed by atoms with Crippen molar-refractivity contribution in [2.75, 3.05) is 0 Å². The van der Waals surface area contributed by atoms with E-state index in [-0.39, 0.29) is 5.15 Å². The molecular weight excluding hydrogens is 217 g/mol. The number of fused-ring (bicyclic) bond motifs is 1. The Morgan fingerprint density at radius 3 is 2.87 bits per heavy atom. The summed E-state index contributed by atoms with van der Waals surface area (Å²) in [5.41, 5.74) is 1.49. The number of halogens is 2. The number of carbonyl (C=O) groups is 1. The highest BCUT2D eigenvalue weighted by atomic mass is 35.5. The third kappa shape index (κ3) is 1.83. The van der Waals surface area contributed by atoms with Gasteiger partial charge in [0.1, 0.15) is 11.8 Å². The maximum Gasteiger partial charge on any atom is 0.153 e. The van der Waals surface area contributed by atoms with Crippen molar-refractivity contribution in [3.63, 3.8) is 0 Å². The summed E-state index contributed by atoms with van der Waals surface area (Å²) in [6.07, 6.45) is 0.651. The van der Waals surface area contributed by atoms with E-state index in [2.05, 4.69) is 4.98 Å². The number of aldehydes is 1. The zero-order valence-electron chi connectivity index (χ0n) is 7.71. The Kier molecular flexibility index (Phi) is 2.64. The first-order valence-corrected chi connectivity index (χ1v) is 4.72. The van der Waals surface area contributed by atoms with Crippen molar-refractivity contribution < 1.29 is 9.18 Å². The molecule has 1 aromatic carbocycles. The van der Waals surface area contributed by atoms with Crippen LogP contribution in [0.2, 0.25) is 5.15 Å². The molecule has 1 heterocycles. The van der Waals surface area contributed by atoms with E-state index in [9.17, 15) is 9.18 Å². The smallest absolute Gasteiger partial charge is 0.153 e. The van der Waals surface area contributed by atoms with Crippen molar-refractivity contribution in [3.05, 3.63) is 40.5 Å². The summed E-state index contributed by atoms with van der Waals surface area (Å²) in [4.78, 5) is 14.6. The molecule has 2 nitrogen and oxygen atoms in total. The molecular formula is C11H7ClFNO. The first-order chi connectivity index (χ1) is 7.24. The van der Waals surface area contributed by atoms with Gasteiger partial charge in [-0.3, -0.25) is 4.79 Å². The second kappa shape index (κ2) is 3.95. The summed E-state index contributed by atoms with van der Waals surface area (Å²) in [7, 11) is 0. The van der Waals surface area contributed by atoms with Crippen LogP contribution >= 0.6 is 11.6 Å². The normalized spacial score (nSPS) is 10.5. The molecule has 0 spiro atoms. The van der Waals surface area contributed by atoms with Crippen molar-refractivity contribution in [1.82, 2.24) is 4.98 Å². The Hall–Kier alpha value is -1.48. The first kappa shape index (κ1) is 10.1. The van der Waals surface area contributed by atoms with Gasteiger partial charge in [-0.1, -0.05) is 23.7 Å². The van der Waals surface area contributed by atoms with Gasteiger partial charge in [0.25, 0.3) is 0 Å². The molecule has 76 valence electrons. The molecule has 0 fully saturated rings. The third-order valence-electron chi connectivity index (χ3n) is 2.14. The molecule has 0 amide bonds. The Morgan fingerprint density at radius 1 is 1.40 bits per heavy atom. The van der Waals surface area contributed by atoms with Crippen molar-refractivity contribution in [2.24, 2.45) is 0 Å². The van der Waals surface area contributed by atoms with Crippen LogP contribution in [-0.2, 0) is 6.67 Å². The number of nitrogens with zero attached hydrogens (tertiary/aromatic N) is 1. The van der Waals surface area contributed by atoms with Crippen LogP contribution in [0.5, 0.6) is 0 Å². The van der Waals surface area contributed by atoms with Gasteiger partial charge < -0.3 is 0 Å². The number of carbonyl (C=O) groups excluding carboxylic acids is 1. The van der Waals surface area contributed by atoms with Crippen LogP contribution in [0.25, 0.3) is 10.9 Å². The third-order valence-corrected chi connectivity index (χ3v) is 2.45. The van der Waals surface area contributed by atoms with Gasteiger partial charge in [0.05, 0.1) is 11.1 Å². The minimum Gasteiger partial charge on any atom is -0.298 e. The van der Waals surface area contributed by atoms with Crippen LogP contribution < -0.4 is 0 Å². The number of aromatic nitrogens is 1. The fourth-order valence-electron chi connectivity index (χ4n) is 1.37. The molecule has 2 aromatic rings. The summed E-state index contributed by atoms with van der Waals surface area (Å²) in [6.45, 7) is -0.537. The zero-order chi connectivity index (χ0) is 10.8. The van der Waals surface area contributed by atoms with Crippen LogP contribution in [0.3, 0.4) is 0 Å². The predicted molar refractivity (Wildman–Crippen MR) is 57.0 cm³/mol. The highest BCUT2D eigenvalue weighted by Gasteiger charge is 2.04. The van der Waals surface area contributed by atoms with E-state index in [1.807, 2.05) is 0 Å². The van der Waals surface area contributed by atoms with Crippen LogP contribution in [0.4, 0.5) is 4.39 Å². The highest BCUT2D eigenvalue weighted by molar-refractivity contribution is 6.32. The fraction of sp³-hybridized carbons (Fsp3) is 0.0909. The van der Waals surface area contributed by atoms with Gasteiger partial charge in [0.2, 0.25) is 0 Å². The summed E-state index contributed by atoms with van der Waals surface area (Å²) in [5, 5.41) is 0.923. The number of hydrogen-bond acceptors (Lipinski definition) is 2. The predicted octanol–water partition coefficient (Wildman–Crippen LogP) is 3.17. The lowest BCUT2D eigenvalue weighted by atomic mass is 10.1. The monoisotopic (exact) mass is 223 g/mol. The van der Waals surface area contributed by atoms with Gasteiger partial charge in [-0.05, 0) is 17.7 Å². The Morgan fingerprint density at radius 2 is 2.20 bits per heavy atom. The molecule has 0 unspecified atom stereocenters. The van der Waals surface area contributed by atoms with E-state index < -0.39 is 6.67 Å². The zero-order valence-corrected chi connectivity index (χ0v) is 8.46. The van der Waals surface area contributed by atoms with Crippen LogP contribution in [0.1, 0.15) is 15.9 Å². The lowest BCUT2D eigenvalue weighted by molar-refractivity contribution is 0.112. The minimum atomic E-state index is -0.537. The maximum atomic E-state index is 12.4. The molecule has 15 heavy (non-hydrogen) atoms. The van der Waals surface area contributed by atoms with E-state index in [0.29, 0.717) is 22.9 Å². The fourth-order valence-corrected chi connectivity index (χ4v) is 1.56. The number of benzene rings is 1. The largest absolute Gasteiger partial charge is 0.298 e. The topological polar surface area (TPSA) is 30.0 Å². The molecule has 0 saturated heterocycles. The molecule has 0 atom stereocenters.